The Morgan fingerprint density at radius 3 is 2.30 bits per heavy atom. The number of aromatic nitrogens is 1. The summed E-state index contributed by atoms with van der Waals surface area (Å²) >= 11 is 0. The number of benzene rings is 1. The topological polar surface area (TPSA) is 45.6 Å². The second-order valence-corrected chi connectivity index (χ2v) is 5.57. The highest BCUT2D eigenvalue weighted by Crippen LogP contribution is 2.30. The molecule has 1 aromatic heterocycles. The van der Waals surface area contributed by atoms with E-state index in [-0.39, 0.29) is 0 Å². The van der Waals surface area contributed by atoms with Crippen LogP contribution in [0, 0.1) is 0 Å². The smallest absolute Gasteiger partial charge is 0.123 e. The van der Waals surface area contributed by atoms with Gasteiger partial charge in [0.1, 0.15) is 11.9 Å². The lowest BCUT2D eigenvalue weighted by Crippen LogP contribution is -2.27. The molecule has 23 heavy (non-hydrogen) atoms. The van der Waals surface area contributed by atoms with Gasteiger partial charge in [0.15, 0.2) is 0 Å². The van der Waals surface area contributed by atoms with Crippen molar-refractivity contribution in [3.05, 3.63) is 53.9 Å². The molecule has 1 unspecified atom stereocenters. The van der Waals surface area contributed by atoms with E-state index in [0.29, 0.717) is 5.69 Å². The Labute approximate surface area is 138 Å². The molecular weight excluding hydrogens is 288 g/mol. The minimum Gasteiger partial charge on any atom is -0.497 e. The van der Waals surface area contributed by atoms with Gasteiger partial charge in [0.2, 0.25) is 0 Å². The fraction of sp³-hybridized carbons (Fsp3) is 0.421. The molecule has 0 spiro atoms. The fourth-order valence-corrected chi connectivity index (χ4v) is 2.72. The van der Waals surface area contributed by atoms with Crippen molar-refractivity contribution < 1.29 is 9.84 Å². The Morgan fingerprint density at radius 2 is 1.74 bits per heavy atom. The lowest BCUT2D eigenvalue weighted by atomic mass is 10.0. The van der Waals surface area contributed by atoms with Gasteiger partial charge in [0.05, 0.1) is 18.5 Å². The molecule has 4 heteroatoms. The first-order valence-corrected chi connectivity index (χ1v) is 8.23. The average Bonchev–Trinajstić information content (AvgIpc) is 2.61. The molecule has 4 nitrogen and oxygen atoms in total. The third kappa shape index (κ3) is 4.23. The van der Waals surface area contributed by atoms with Crippen molar-refractivity contribution >= 4 is 5.69 Å². The number of ether oxygens (including phenoxy) is 1. The number of nitrogens with zero attached hydrogens (tertiary/aromatic N) is 2. The molecule has 0 fully saturated rings. The van der Waals surface area contributed by atoms with Crippen LogP contribution in [0.5, 0.6) is 5.75 Å². The minimum absolute atomic E-state index is 0.708. The number of anilines is 1. The third-order valence-corrected chi connectivity index (χ3v) is 3.83. The van der Waals surface area contributed by atoms with E-state index in [0.717, 1.165) is 42.9 Å². The number of aliphatic hydroxyl groups excluding tert-OH is 1. The fourth-order valence-electron chi connectivity index (χ4n) is 2.72. The molecule has 0 aliphatic rings. The van der Waals surface area contributed by atoms with E-state index in [1.54, 1.807) is 13.3 Å². The lowest BCUT2D eigenvalue weighted by molar-refractivity contribution is 0.215. The van der Waals surface area contributed by atoms with Crippen molar-refractivity contribution in [1.29, 1.82) is 0 Å². The predicted octanol–water partition coefficient (Wildman–Crippen LogP) is 3.80. The van der Waals surface area contributed by atoms with Crippen LogP contribution < -0.4 is 9.64 Å². The van der Waals surface area contributed by atoms with Crippen LogP contribution in [-0.4, -0.2) is 30.3 Å². The van der Waals surface area contributed by atoms with Crippen LogP contribution in [0.4, 0.5) is 5.69 Å². The number of methoxy groups -OCH3 is 1. The van der Waals surface area contributed by atoms with Gasteiger partial charge in [0.25, 0.3) is 0 Å². The summed E-state index contributed by atoms with van der Waals surface area (Å²) in [7, 11) is 1.63. The van der Waals surface area contributed by atoms with Crippen molar-refractivity contribution in [2.75, 3.05) is 25.1 Å². The van der Waals surface area contributed by atoms with E-state index in [1.807, 2.05) is 36.4 Å². The zero-order chi connectivity index (χ0) is 16.7. The standard InChI is InChI=1S/C19H26N2O2/c1-4-13-21(14-5-2)17-7-6-12-20-18(17)19(22)15-8-10-16(23-3)11-9-15/h6-12,19,22H,4-5,13-14H2,1-3H3. The molecule has 2 rings (SSSR count). The highest BCUT2D eigenvalue weighted by molar-refractivity contribution is 5.53. The molecule has 0 bridgehead atoms. The summed E-state index contributed by atoms with van der Waals surface area (Å²) in [6.45, 7) is 6.25. The predicted molar refractivity (Wildman–Crippen MR) is 94.1 cm³/mol. The molecule has 1 heterocycles. The summed E-state index contributed by atoms with van der Waals surface area (Å²) < 4.78 is 5.17. The number of aliphatic hydroxyl groups is 1. The van der Waals surface area contributed by atoms with Crippen molar-refractivity contribution in [3.8, 4) is 5.75 Å². The van der Waals surface area contributed by atoms with Crippen molar-refractivity contribution in [2.45, 2.75) is 32.8 Å². The first kappa shape index (κ1) is 17.3. The maximum Gasteiger partial charge on any atom is 0.123 e. The Balaban J connectivity index is 2.33. The summed E-state index contributed by atoms with van der Waals surface area (Å²) in [5.74, 6) is 0.779. The van der Waals surface area contributed by atoms with E-state index in [2.05, 4.69) is 23.7 Å². The second kappa shape index (κ2) is 8.53. The maximum absolute atomic E-state index is 10.8. The number of rotatable bonds is 8. The van der Waals surface area contributed by atoms with Crippen LogP contribution in [0.15, 0.2) is 42.6 Å². The van der Waals surface area contributed by atoms with Crippen LogP contribution in [-0.2, 0) is 0 Å². The van der Waals surface area contributed by atoms with Gasteiger partial charge < -0.3 is 14.7 Å². The SMILES string of the molecule is CCCN(CCC)c1cccnc1C(O)c1ccc(OC)cc1. The highest BCUT2D eigenvalue weighted by atomic mass is 16.5. The van der Waals surface area contributed by atoms with Gasteiger partial charge in [-0.05, 0) is 42.7 Å². The minimum atomic E-state index is -0.742. The maximum atomic E-state index is 10.8. The largest absolute Gasteiger partial charge is 0.497 e. The van der Waals surface area contributed by atoms with Gasteiger partial charge in [-0.3, -0.25) is 4.98 Å². The van der Waals surface area contributed by atoms with E-state index in [4.69, 9.17) is 4.74 Å². The van der Waals surface area contributed by atoms with E-state index >= 15 is 0 Å². The van der Waals surface area contributed by atoms with Gasteiger partial charge in [-0.25, -0.2) is 0 Å². The van der Waals surface area contributed by atoms with Gasteiger partial charge >= 0.3 is 0 Å². The first-order valence-electron chi connectivity index (χ1n) is 8.23. The monoisotopic (exact) mass is 314 g/mol. The van der Waals surface area contributed by atoms with Crippen molar-refractivity contribution in [2.24, 2.45) is 0 Å². The Morgan fingerprint density at radius 1 is 1.09 bits per heavy atom. The van der Waals surface area contributed by atoms with E-state index < -0.39 is 6.10 Å². The van der Waals surface area contributed by atoms with Crippen LogP contribution in [0.2, 0.25) is 0 Å². The number of hydrogen-bond donors (Lipinski definition) is 1. The Hall–Kier alpha value is -2.07. The quantitative estimate of drug-likeness (QED) is 0.805. The zero-order valence-corrected chi connectivity index (χ0v) is 14.2. The second-order valence-electron chi connectivity index (χ2n) is 5.57. The summed E-state index contributed by atoms with van der Waals surface area (Å²) in [6, 6.07) is 11.4. The lowest BCUT2D eigenvalue weighted by Gasteiger charge is -2.27. The van der Waals surface area contributed by atoms with Crippen LogP contribution >= 0.6 is 0 Å². The van der Waals surface area contributed by atoms with E-state index in [9.17, 15) is 5.11 Å². The van der Waals surface area contributed by atoms with Gasteiger partial charge in [0, 0.05) is 19.3 Å². The molecule has 0 aliphatic heterocycles. The molecule has 1 N–H and O–H groups in total. The molecule has 1 aromatic carbocycles. The molecule has 0 saturated carbocycles. The number of hydrogen-bond acceptors (Lipinski definition) is 4. The van der Waals surface area contributed by atoms with Gasteiger partial charge in [-0.1, -0.05) is 26.0 Å². The highest BCUT2D eigenvalue weighted by Gasteiger charge is 2.19. The molecule has 1 atom stereocenters. The van der Waals surface area contributed by atoms with Gasteiger partial charge in [-0.2, -0.15) is 0 Å². The molecule has 124 valence electrons. The molecule has 0 radical (unpaired) electrons. The van der Waals surface area contributed by atoms with Crippen LogP contribution in [0.1, 0.15) is 44.1 Å². The summed E-state index contributed by atoms with van der Waals surface area (Å²) in [6.07, 6.45) is 3.12. The molecule has 0 amide bonds. The molecular formula is C19H26N2O2. The molecule has 2 aromatic rings. The van der Waals surface area contributed by atoms with E-state index in [1.165, 1.54) is 0 Å². The zero-order valence-electron chi connectivity index (χ0n) is 14.2. The molecule has 0 aliphatic carbocycles. The van der Waals surface area contributed by atoms with Gasteiger partial charge in [-0.15, -0.1) is 0 Å². The summed E-state index contributed by atoms with van der Waals surface area (Å²) in [4.78, 5) is 6.76. The molecule has 0 saturated heterocycles. The first-order chi connectivity index (χ1) is 11.2. The summed E-state index contributed by atoms with van der Waals surface area (Å²) in [5.41, 5.74) is 2.54. The average molecular weight is 314 g/mol. The van der Waals surface area contributed by atoms with Crippen molar-refractivity contribution in [3.63, 3.8) is 0 Å². The third-order valence-electron chi connectivity index (χ3n) is 3.83. The summed E-state index contributed by atoms with van der Waals surface area (Å²) in [5, 5.41) is 10.8. The Bertz CT molecular complexity index is 593. The Kier molecular flexibility index (Phi) is 6.41. The van der Waals surface area contributed by atoms with Crippen LogP contribution in [0.3, 0.4) is 0 Å². The van der Waals surface area contributed by atoms with Crippen molar-refractivity contribution in [1.82, 2.24) is 4.98 Å². The normalized spacial score (nSPS) is 12.0. The van der Waals surface area contributed by atoms with Crippen LogP contribution in [0.25, 0.3) is 0 Å². The number of pyridine rings is 1.